The van der Waals surface area contributed by atoms with Crippen LogP contribution in [0.5, 0.6) is 0 Å². The lowest BCUT2D eigenvalue weighted by atomic mass is 9.46. The second-order valence-corrected chi connectivity index (χ2v) is 8.22. The summed E-state index contributed by atoms with van der Waals surface area (Å²) in [6, 6.07) is 7.36. The van der Waals surface area contributed by atoms with Crippen LogP contribution in [0.1, 0.15) is 56.1 Å². The van der Waals surface area contributed by atoms with Gasteiger partial charge < -0.3 is 16.4 Å². The molecular formula is C19H29N3. The highest BCUT2D eigenvalue weighted by molar-refractivity contribution is 5.53. The molecule has 1 heterocycles. The molecule has 3 heteroatoms. The number of nitrogens with zero attached hydrogens (tertiary/aromatic N) is 1. The number of hydrogen-bond donors (Lipinski definition) is 2. The molecule has 0 unspecified atom stereocenters. The Hall–Kier alpha value is -1.06. The molecule has 1 aromatic rings. The van der Waals surface area contributed by atoms with Crippen LogP contribution in [-0.2, 0) is 5.54 Å². The van der Waals surface area contributed by atoms with Crippen molar-refractivity contribution in [2.45, 2.75) is 63.5 Å². The number of benzene rings is 1. The third kappa shape index (κ3) is 2.26. The number of nitrogens with two attached hydrogens (primary N) is 2. The van der Waals surface area contributed by atoms with Crippen LogP contribution in [-0.4, -0.2) is 19.1 Å². The van der Waals surface area contributed by atoms with E-state index in [9.17, 15) is 0 Å². The first-order valence-electron chi connectivity index (χ1n) is 8.90. The van der Waals surface area contributed by atoms with Crippen molar-refractivity contribution in [1.82, 2.24) is 0 Å². The van der Waals surface area contributed by atoms with Gasteiger partial charge in [0.05, 0.1) is 0 Å². The summed E-state index contributed by atoms with van der Waals surface area (Å²) in [5.74, 6) is 0. The van der Waals surface area contributed by atoms with Crippen LogP contribution in [0, 0.1) is 12.3 Å². The lowest BCUT2D eigenvalue weighted by Crippen LogP contribution is -2.63. The van der Waals surface area contributed by atoms with E-state index in [1.54, 1.807) is 0 Å². The van der Waals surface area contributed by atoms with Gasteiger partial charge in [0, 0.05) is 30.4 Å². The average Bonchev–Trinajstić information content (AvgIpc) is 2.45. The van der Waals surface area contributed by atoms with Gasteiger partial charge in [0.15, 0.2) is 0 Å². The number of rotatable bonds is 2. The summed E-state index contributed by atoms with van der Waals surface area (Å²) in [5.41, 5.74) is 17.2. The fraction of sp³-hybridized carbons (Fsp3) is 0.684. The summed E-state index contributed by atoms with van der Waals surface area (Å²) < 4.78 is 0. The van der Waals surface area contributed by atoms with E-state index >= 15 is 0 Å². The van der Waals surface area contributed by atoms with E-state index in [1.807, 2.05) is 0 Å². The first-order valence-corrected chi connectivity index (χ1v) is 8.90. The Kier molecular flexibility index (Phi) is 3.28. The van der Waals surface area contributed by atoms with Crippen LogP contribution in [0.2, 0.25) is 0 Å². The van der Waals surface area contributed by atoms with E-state index in [1.165, 1.54) is 62.0 Å². The van der Waals surface area contributed by atoms with Gasteiger partial charge >= 0.3 is 0 Å². The van der Waals surface area contributed by atoms with E-state index < -0.39 is 0 Å². The van der Waals surface area contributed by atoms with Crippen molar-refractivity contribution in [3.63, 3.8) is 0 Å². The first-order chi connectivity index (χ1) is 10.5. The quantitative estimate of drug-likeness (QED) is 0.882. The topological polar surface area (TPSA) is 55.3 Å². The van der Waals surface area contributed by atoms with Crippen LogP contribution in [0.4, 0.5) is 5.69 Å². The molecule has 0 aromatic heterocycles. The molecule has 0 radical (unpaired) electrons. The molecule has 3 nitrogen and oxygen atoms in total. The Morgan fingerprint density at radius 2 is 1.77 bits per heavy atom. The molecule has 4 N–H and O–H groups in total. The van der Waals surface area contributed by atoms with E-state index in [2.05, 4.69) is 30.0 Å². The molecule has 0 atom stereocenters. The fourth-order valence-corrected chi connectivity index (χ4v) is 5.37. The van der Waals surface area contributed by atoms with Gasteiger partial charge in [-0.05, 0) is 80.5 Å². The predicted molar refractivity (Wildman–Crippen MR) is 92.0 cm³/mol. The molecule has 3 aliphatic rings. The lowest BCUT2D eigenvalue weighted by Gasteiger charge is -2.62. The van der Waals surface area contributed by atoms with E-state index in [4.69, 9.17) is 11.5 Å². The third-order valence-corrected chi connectivity index (χ3v) is 6.24. The van der Waals surface area contributed by atoms with Gasteiger partial charge in [0.25, 0.3) is 0 Å². The molecule has 2 aliphatic carbocycles. The molecule has 1 aromatic carbocycles. The van der Waals surface area contributed by atoms with Gasteiger partial charge in [0.1, 0.15) is 0 Å². The van der Waals surface area contributed by atoms with Gasteiger partial charge in [-0.25, -0.2) is 0 Å². The summed E-state index contributed by atoms with van der Waals surface area (Å²) in [6.07, 6.45) is 8.63. The van der Waals surface area contributed by atoms with Crippen molar-refractivity contribution in [3.8, 4) is 0 Å². The van der Waals surface area contributed by atoms with Gasteiger partial charge in [0.2, 0.25) is 0 Å². The van der Waals surface area contributed by atoms with Crippen molar-refractivity contribution in [3.05, 3.63) is 29.3 Å². The lowest BCUT2D eigenvalue weighted by molar-refractivity contribution is -0.0592. The van der Waals surface area contributed by atoms with Gasteiger partial charge in [-0.2, -0.15) is 0 Å². The summed E-state index contributed by atoms with van der Waals surface area (Å²) in [6.45, 7) is 4.63. The highest BCUT2D eigenvalue weighted by Crippen LogP contribution is 2.62. The summed E-state index contributed by atoms with van der Waals surface area (Å²) in [7, 11) is 0. The van der Waals surface area contributed by atoms with E-state index in [0.29, 0.717) is 11.5 Å². The second kappa shape index (κ2) is 4.97. The zero-order valence-corrected chi connectivity index (χ0v) is 13.8. The number of aryl methyl sites for hydroxylation is 1. The maximum absolute atomic E-state index is 6.73. The van der Waals surface area contributed by atoms with Crippen molar-refractivity contribution >= 4 is 5.69 Å². The molecule has 3 fully saturated rings. The normalized spacial score (nSPS) is 37.8. The van der Waals surface area contributed by atoms with Gasteiger partial charge in [-0.3, -0.25) is 0 Å². The Balaban J connectivity index is 1.51. The molecule has 4 rings (SSSR count). The molecular weight excluding hydrogens is 270 g/mol. The van der Waals surface area contributed by atoms with E-state index in [-0.39, 0.29) is 5.54 Å². The molecule has 22 heavy (non-hydrogen) atoms. The Morgan fingerprint density at radius 1 is 1.09 bits per heavy atom. The standard InChI is InChI=1S/C19H29N3/c1-14-9-16(22-7-3-2-4-8-22)5-6-17(14)19(21)12-18(13-19)10-15(20)11-18/h5-6,9,15H,2-4,7-8,10-13,20-21H2,1H3. The summed E-state index contributed by atoms with van der Waals surface area (Å²) in [4.78, 5) is 2.52. The Labute approximate surface area is 134 Å². The molecule has 1 aliphatic heterocycles. The monoisotopic (exact) mass is 299 g/mol. The largest absolute Gasteiger partial charge is 0.372 e. The molecule has 1 saturated heterocycles. The van der Waals surface area contributed by atoms with Crippen molar-refractivity contribution in [2.24, 2.45) is 16.9 Å². The van der Waals surface area contributed by atoms with Crippen molar-refractivity contribution in [2.75, 3.05) is 18.0 Å². The minimum atomic E-state index is -0.106. The minimum absolute atomic E-state index is 0.106. The molecule has 2 saturated carbocycles. The molecule has 120 valence electrons. The summed E-state index contributed by atoms with van der Waals surface area (Å²) >= 11 is 0. The third-order valence-electron chi connectivity index (χ3n) is 6.24. The number of anilines is 1. The fourth-order valence-electron chi connectivity index (χ4n) is 5.37. The number of piperidine rings is 1. The van der Waals surface area contributed by atoms with Crippen molar-refractivity contribution < 1.29 is 0 Å². The van der Waals surface area contributed by atoms with Crippen LogP contribution < -0.4 is 16.4 Å². The zero-order chi connectivity index (χ0) is 15.4. The Morgan fingerprint density at radius 3 is 2.36 bits per heavy atom. The van der Waals surface area contributed by atoms with Crippen LogP contribution in [0.15, 0.2) is 18.2 Å². The molecule has 1 spiro atoms. The van der Waals surface area contributed by atoms with Crippen LogP contribution in [0.25, 0.3) is 0 Å². The maximum atomic E-state index is 6.73. The van der Waals surface area contributed by atoms with E-state index in [0.717, 1.165) is 12.8 Å². The maximum Gasteiger partial charge on any atom is 0.0423 e. The average molecular weight is 299 g/mol. The highest BCUT2D eigenvalue weighted by atomic mass is 15.1. The molecule has 0 amide bonds. The zero-order valence-electron chi connectivity index (χ0n) is 13.8. The first kappa shape index (κ1) is 14.5. The SMILES string of the molecule is Cc1cc(N2CCCCC2)ccc1C1(N)CC2(CC(N)C2)C1. The number of hydrogen-bond acceptors (Lipinski definition) is 3. The molecule has 0 bridgehead atoms. The summed E-state index contributed by atoms with van der Waals surface area (Å²) in [5, 5.41) is 0. The minimum Gasteiger partial charge on any atom is -0.372 e. The van der Waals surface area contributed by atoms with Crippen LogP contribution in [0.3, 0.4) is 0 Å². The van der Waals surface area contributed by atoms with Crippen molar-refractivity contribution in [1.29, 1.82) is 0 Å². The van der Waals surface area contributed by atoms with Crippen LogP contribution >= 0.6 is 0 Å². The second-order valence-electron chi connectivity index (χ2n) is 8.22. The highest BCUT2D eigenvalue weighted by Gasteiger charge is 2.58. The van der Waals surface area contributed by atoms with Gasteiger partial charge in [-0.1, -0.05) is 6.07 Å². The smallest absolute Gasteiger partial charge is 0.0423 e. The van der Waals surface area contributed by atoms with Gasteiger partial charge in [-0.15, -0.1) is 0 Å². The predicted octanol–water partition coefficient (Wildman–Crippen LogP) is 3.04. The Bertz CT molecular complexity index is 560.